The van der Waals surface area contributed by atoms with E-state index in [0.717, 1.165) is 31.2 Å². The summed E-state index contributed by atoms with van der Waals surface area (Å²) in [6.45, 7) is 1.94. The first kappa shape index (κ1) is 21.4. The van der Waals surface area contributed by atoms with Crippen LogP contribution in [0.3, 0.4) is 0 Å². The van der Waals surface area contributed by atoms with E-state index in [-0.39, 0.29) is 36.2 Å². The lowest BCUT2D eigenvalue weighted by atomic mass is 9.84. The molecule has 2 fully saturated rings. The van der Waals surface area contributed by atoms with Crippen LogP contribution in [-0.2, 0) is 9.59 Å². The molecule has 1 heterocycles. The fourth-order valence-corrected chi connectivity index (χ4v) is 4.83. The number of carbonyl (C=O) groups excluding carboxylic acids is 3. The van der Waals surface area contributed by atoms with Crippen LogP contribution in [-0.4, -0.2) is 40.7 Å². The van der Waals surface area contributed by atoms with Crippen LogP contribution in [0.2, 0.25) is 5.02 Å². The quantitative estimate of drug-likeness (QED) is 0.757. The maximum atomic E-state index is 13.5. The Kier molecular flexibility index (Phi) is 6.28. The van der Waals surface area contributed by atoms with Gasteiger partial charge in [-0.1, -0.05) is 48.7 Å². The molecule has 4 rings (SSSR count). The Bertz CT molecular complexity index is 1010. The summed E-state index contributed by atoms with van der Waals surface area (Å²) in [5.41, 5.74) is 2.04. The van der Waals surface area contributed by atoms with Crippen molar-refractivity contribution >= 4 is 35.0 Å². The van der Waals surface area contributed by atoms with Gasteiger partial charge in [-0.15, -0.1) is 0 Å². The average molecular weight is 440 g/mol. The van der Waals surface area contributed by atoms with Crippen LogP contribution >= 0.6 is 11.6 Å². The van der Waals surface area contributed by atoms with Gasteiger partial charge in [0.1, 0.15) is 6.04 Å². The lowest BCUT2D eigenvalue weighted by Crippen LogP contribution is -2.68. The Morgan fingerprint density at radius 2 is 1.90 bits per heavy atom. The summed E-state index contributed by atoms with van der Waals surface area (Å²) in [6.07, 6.45) is 3.49. The maximum absolute atomic E-state index is 13.5. The SMILES string of the molecule is Cc1cccc(NC(=O)C[C@@H]2C(=O)N[C@@H]3CCCC[C@H]3N2C(=O)c2ccccc2Cl)c1. The first-order valence-electron chi connectivity index (χ1n) is 10.7. The molecule has 2 aliphatic rings. The minimum absolute atomic E-state index is 0.0937. The molecule has 162 valence electrons. The van der Waals surface area contributed by atoms with Crippen molar-refractivity contribution < 1.29 is 14.4 Å². The van der Waals surface area contributed by atoms with Crippen LogP contribution in [0, 0.1) is 6.92 Å². The third kappa shape index (κ3) is 4.59. The molecule has 1 aliphatic heterocycles. The number of nitrogens with zero attached hydrogens (tertiary/aromatic N) is 1. The minimum Gasteiger partial charge on any atom is -0.349 e. The molecule has 3 amide bonds. The number of fused-ring (bicyclic) bond motifs is 1. The molecule has 7 heteroatoms. The third-order valence-electron chi connectivity index (χ3n) is 6.07. The summed E-state index contributed by atoms with van der Waals surface area (Å²) in [5.74, 6) is -0.898. The average Bonchev–Trinajstić information content (AvgIpc) is 2.74. The summed E-state index contributed by atoms with van der Waals surface area (Å²) < 4.78 is 0. The van der Waals surface area contributed by atoms with E-state index in [1.807, 2.05) is 25.1 Å². The predicted molar refractivity (Wildman–Crippen MR) is 120 cm³/mol. The van der Waals surface area contributed by atoms with E-state index in [1.165, 1.54) is 0 Å². The number of piperazine rings is 1. The highest BCUT2D eigenvalue weighted by atomic mass is 35.5. The fraction of sp³-hybridized carbons (Fsp3) is 0.375. The first-order valence-corrected chi connectivity index (χ1v) is 11.1. The highest BCUT2D eigenvalue weighted by Crippen LogP contribution is 2.32. The van der Waals surface area contributed by atoms with Gasteiger partial charge >= 0.3 is 0 Å². The number of amides is 3. The van der Waals surface area contributed by atoms with Crippen LogP contribution in [0.25, 0.3) is 0 Å². The molecule has 0 spiro atoms. The number of benzene rings is 2. The van der Waals surface area contributed by atoms with Crippen molar-refractivity contribution in [1.29, 1.82) is 0 Å². The molecule has 0 radical (unpaired) electrons. The van der Waals surface area contributed by atoms with Crippen molar-refractivity contribution in [3.05, 3.63) is 64.7 Å². The van der Waals surface area contributed by atoms with Crippen LogP contribution < -0.4 is 10.6 Å². The van der Waals surface area contributed by atoms with Gasteiger partial charge in [-0.2, -0.15) is 0 Å². The molecule has 31 heavy (non-hydrogen) atoms. The number of hydrogen-bond donors (Lipinski definition) is 2. The van der Waals surface area contributed by atoms with Gasteiger partial charge in [0, 0.05) is 11.7 Å². The fourth-order valence-electron chi connectivity index (χ4n) is 4.62. The monoisotopic (exact) mass is 439 g/mol. The van der Waals surface area contributed by atoms with E-state index in [4.69, 9.17) is 11.6 Å². The molecule has 1 saturated heterocycles. The zero-order valence-electron chi connectivity index (χ0n) is 17.4. The van der Waals surface area contributed by atoms with Crippen molar-refractivity contribution in [1.82, 2.24) is 10.2 Å². The van der Waals surface area contributed by atoms with Gasteiger partial charge in [0.2, 0.25) is 11.8 Å². The number of rotatable bonds is 4. The second-order valence-electron chi connectivity index (χ2n) is 8.30. The van der Waals surface area contributed by atoms with E-state index in [1.54, 1.807) is 35.2 Å². The second kappa shape index (κ2) is 9.10. The van der Waals surface area contributed by atoms with Gasteiger partial charge in [-0.3, -0.25) is 14.4 Å². The molecule has 0 aromatic heterocycles. The number of carbonyl (C=O) groups is 3. The van der Waals surface area contributed by atoms with Crippen LogP contribution in [0.15, 0.2) is 48.5 Å². The number of nitrogens with one attached hydrogen (secondary N) is 2. The summed E-state index contributed by atoms with van der Waals surface area (Å²) >= 11 is 6.30. The summed E-state index contributed by atoms with van der Waals surface area (Å²) in [4.78, 5) is 41.0. The van der Waals surface area contributed by atoms with Crippen molar-refractivity contribution in [2.24, 2.45) is 0 Å². The van der Waals surface area contributed by atoms with Crippen LogP contribution in [0.1, 0.15) is 48.0 Å². The molecule has 2 aromatic rings. The predicted octanol–water partition coefficient (Wildman–Crippen LogP) is 3.93. The summed E-state index contributed by atoms with van der Waals surface area (Å²) in [6, 6.07) is 13.2. The van der Waals surface area contributed by atoms with Gasteiger partial charge in [0.05, 0.1) is 23.0 Å². The van der Waals surface area contributed by atoms with E-state index in [2.05, 4.69) is 10.6 Å². The summed E-state index contributed by atoms with van der Waals surface area (Å²) in [5, 5.41) is 6.24. The van der Waals surface area contributed by atoms with Gasteiger partial charge in [0.25, 0.3) is 5.91 Å². The molecule has 1 saturated carbocycles. The van der Waals surface area contributed by atoms with Crippen molar-refractivity contribution in [3.63, 3.8) is 0 Å². The number of hydrogen-bond acceptors (Lipinski definition) is 3. The molecule has 3 atom stereocenters. The Morgan fingerprint density at radius 1 is 1.13 bits per heavy atom. The number of anilines is 1. The summed E-state index contributed by atoms with van der Waals surface area (Å²) in [7, 11) is 0. The lowest BCUT2D eigenvalue weighted by Gasteiger charge is -2.48. The molecular weight excluding hydrogens is 414 g/mol. The highest BCUT2D eigenvalue weighted by molar-refractivity contribution is 6.33. The number of aryl methyl sites for hydroxylation is 1. The van der Waals surface area contributed by atoms with Gasteiger partial charge in [-0.25, -0.2) is 0 Å². The van der Waals surface area contributed by atoms with Gasteiger partial charge < -0.3 is 15.5 Å². The Hall–Kier alpha value is -2.86. The van der Waals surface area contributed by atoms with E-state index < -0.39 is 6.04 Å². The van der Waals surface area contributed by atoms with Crippen LogP contribution in [0.4, 0.5) is 5.69 Å². The van der Waals surface area contributed by atoms with Crippen molar-refractivity contribution in [3.8, 4) is 0 Å². The van der Waals surface area contributed by atoms with Gasteiger partial charge in [0.15, 0.2) is 0 Å². The van der Waals surface area contributed by atoms with E-state index >= 15 is 0 Å². The maximum Gasteiger partial charge on any atom is 0.256 e. The zero-order chi connectivity index (χ0) is 22.0. The van der Waals surface area contributed by atoms with Crippen molar-refractivity contribution in [2.75, 3.05) is 5.32 Å². The Labute approximate surface area is 187 Å². The normalized spacial score (nSPS) is 23.0. The standard InChI is InChI=1S/C24H26ClN3O3/c1-15-7-6-8-16(13-15)26-22(29)14-21-23(30)27-19-11-4-5-12-20(19)28(21)24(31)17-9-2-3-10-18(17)25/h2-3,6-10,13,19-21H,4-5,11-12,14H2,1H3,(H,26,29)(H,27,30)/t19-,20-,21-/m1/s1. The first-order chi connectivity index (χ1) is 14.9. The van der Waals surface area contributed by atoms with E-state index in [9.17, 15) is 14.4 Å². The molecule has 2 aromatic carbocycles. The minimum atomic E-state index is -0.882. The largest absolute Gasteiger partial charge is 0.349 e. The topological polar surface area (TPSA) is 78.5 Å². The van der Waals surface area contributed by atoms with E-state index in [0.29, 0.717) is 16.3 Å². The molecule has 2 N–H and O–H groups in total. The molecule has 1 aliphatic carbocycles. The van der Waals surface area contributed by atoms with Crippen molar-refractivity contribution in [2.45, 2.75) is 57.2 Å². The molecule has 0 bridgehead atoms. The van der Waals surface area contributed by atoms with Gasteiger partial charge in [-0.05, 0) is 49.6 Å². The Balaban J connectivity index is 1.61. The smallest absolute Gasteiger partial charge is 0.256 e. The number of halogens is 1. The second-order valence-corrected chi connectivity index (χ2v) is 8.70. The molecule has 0 unspecified atom stereocenters. The van der Waals surface area contributed by atoms with Crippen LogP contribution in [0.5, 0.6) is 0 Å². The molecular formula is C24H26ClN3O3. The zero-order valence-corrected chi connectivity index (χ0v) is 18.2. The third-order valence-corrected chi connectivity index (χ3v) is 6.40. The molecule has 6 nitrogen and oxygen atoms in total. The lowest BCUT2D eigenvalue weighted by molar-refractivity contribution is -0.135. The highest BCUT2D eigenvalue weighted by Gasteiger charge is 2.46. The Morgan fingerprint density at radius 3 is 2.68 bits per heavy atom.